The van der Waals surface area contributed by atoms with Gasteiger partial charge in [-0.05, 0) is 24.3 Å². The summed E-state index contributed by atoms with van der Waals surface area (Å²) >= 11 is 3.29. The van der Waals surface area contributed by atoms with Crippen molar-refractivity contribution in [3.63, 3.8) is 0 Å². The Balaban J connectivity index is 2.76. The number of halogens is 1. The van der Waals surface area contributed by atoms with Gasteiger partial charge in [-0.15, -0.1) is 0 Å². The predicted octanol–water partition coefficient (Wildman–Crippen LogP) is 2.33. The maximum atomic E-state index is 10.8. The van der Waals surface area contributed by atoms with Gasteiger partial charge in [0.15, 0.2) is 5.78 Å². The Morgan fingerprint density at radius 1 is 1.47 bits per heavy atom. The first kappa shape index (κ1) is 11.4. The molecule has 0 saturated heterocycles. The van der Waals surface area contributed by atoms with Crippen molar-refractivity contribution in [2.75, 3.05) is 5.43 Å². The van der Waals surface area contributed by atoms with E-state index in [1.54, 1.807) is 18.2 Å². The fourth-order valence-electron chi connectivity index (χ4n) is 0.827. The third-order valence-corrected chi connectivity index (χ3v) is 2.11. The normalized spacial score (nSPS) is 10.6. The third-order valence-electron chi connectivity index (χ3n) is 1.58. The number of nitriles is 1. The quantitative estimate of drug-likeness (QED) is 0.674. The molecule has 0 spiro atoms. The summed E-state index contributed by atoms with van der Waals surface area (Å²) < 4.78 is 0.948. The number of hydrogen-bond acceptors (Lipinski definition) is 4. The van der Waals surface area contributed by atoms with Crippen molar-refractivity contribution < 1.29 is 4.79 Å². The smallest absolute Gasteiger partial charge is 0.203 e. The van der Waals surface area contributed by atoms with E-state index in [1.165, 1.54) is 6.92 Å². The molecule has 0 radical (unpaired) electrons. The second-order valence-corrected chi connectivity index (χ2v) is 3.66. The van der Waals surface area contributed by atoms with E-state index in [-0.39, 0.29) is 11.5 Å². The number of carbonyl (C=O) groups is 1. The van der Waals surface area contributed by atoms with Crippen LogP contribution in [0.3, 0.4) is 0 Å². The summed E-state index contributed by atoms with van der Waals surface area (Å²) in [6.07, 6.45) is 0. The van der Waals surface area contributed by atoms with E-state index >= 15 is 0 Å². The molecule has 0 unspecified atom stereocenters. The zero-order valence-corrected chi connectivity index (χ0v) is 9.58. The summed E-state index contributed by atoms with van der Waals surface area (Å²) in [7, 11) is 0. The maximum absolute atomic E-state index is 10.8. The zero-order chi connectivity index (χ0) is 11.3. The molecule has 1 aromatic carbocycles. The molecule has 0 aliphatic rings. The van der Waals surface area contributed by atoms with Crippen molar-refractivity contribution in [3.8, 4) is 6.07 Å². The molecule has 15 heavy (non-hydrogen) atoms. The Labute approximate surface area is 95.7 Å². The van der Waals surface area contributed by atoms with Crippen LogP contribution in [0.2, 0.25) is 0 Å². The van der Waals surface area contributed by atoms with E-state index in [4.69, 9.17) is 5.26 Å². The average molecular weight is 266 g/mol. The summed E-state index contributed by atoms with van der Waals surface area (Å²) in [5.74, 6) is -0.359. The van der Waals surface area contributed by atoms with E-state index in [0.717, 1.165) is 4.47 Å². The molecule has 0 aliphatic heterocycles. The third kappa shape index (κ3) is 3.52. The summed E-state index contributed by atoms with van der Waals surface area (Å²) in [6.45, 7) is 1.30. The lowest BCUT2D eigenvalue weighted by Gasteiger charge is -1.99. The highest BCUT2D eigenvalue weighted by molar-refractivity contribution is 9.10. The van der Waals surface area contributed by atoms with Crippen LogP contribution in [0.4, 0.5) is 5.69 Å². The van der Waals surface area contributed by atoms with E-state index < -0.39 is 0 Å². The van der Waals surface area contributed by atoms with Gasteiger partial charge in [0.05, 0.1) is 5.69 Å². The van der Waals surface area contributed by atoms with Crippen molar-refractivity contribution >= 4 is 33.1 Å². The molecule has 0 bridgehead atoms. The monoisotopic (exact) mass is 265 g/mol. The molecule has 76 valence electrons. The summed E-state index contributed by atoms with van der Waals surface area (Å²) in [6, 6.07) is 8.93. The standard InChI is InChI=1S/C10H8BrN3O/c1-7(15)10(6-12)14-13-9-4-2-8(11)3-5-9/h2-5,13H,1H3/b14-10-. The number of benzene rings is 1. The van der Waals surface area contributed by atoms with Gasteiger partial charge in [0.2, 0.25) is 5.71 Å². The Hall–Kier alpha value is -1.67. The lowest BCUT2D eigenvalue weighted by molar-refractivity contribution is -0.110. The molecule has 1 rings (SSSR count). The van der Waals surface area contributed by atoms with Gasteiger partial charge >= 0.3 is 0 Å². The van der Waals surface area contributed by atoms with Crippen LogP contribution < -0.4 is 5.43 Å². The number of carbonyl (C=O) groups excluding carboxylic acids is 1. The van der Waals surface area contributed by atoms with Gasteiger partial charge in [-0.3, -0.25) is 10.2 Å². The van der Waals surface area contributed by atoms with E-state index in [2.05, 4.69) is 26.5 Å². The van der Waals surface area contributed by atoms with Crippen LogP contribution in [-0.4, -0.2) is 11.5 Å². The zero-order valence-electron chi connectivity index (χ0n) is 7.99. The fourth-order valence-corrected chi connectivity index (χ4v) is 1.09. The molecule has 1 aromatic rings. The lowest BCUT2D eigenvalue weighted by atomic mass is 10.3. The van der Waals surface area contributed by atoms with Crippen molar-refractivity contribution in [1.29, 1.82) is 5.26 Å². The molecule has 0 saturated carbocycles. The van der Waals surface area contributed by atoms with Gasteiger partial charge in [-0.2, -0.15) is 10.4 Å². The second-order valence-electron chi connectivity index (χ2n) is 2.75. The number of Topliss-reactive ketones (excluding diaryl/α,β-unsaturated/α-hetero) is 1. The van der Waals surface area contributed by atoms with Gasteiger partial charge in [0.25, 0.3) is 0 Å². The Bertz CT molecular complexity index is 431. The number of hydrogen-bond donors (Lipinski definition) is 1. The van der Waals surface area contributed by atoms with Gasteiger partial charge in [0.1, 0.15) is 6.07 Å². The molecule has 0 aromatic heterocycles. The molecule has 0 heterocycles. The molecule has 4 nitrogen and oxygen atoms in total. The van der Waals surface area contributed by atoms with Crippen LogP contribution in [0.1, 0.15) is 6.92 Å². The highest BCUT2D eigenvalue weighted by Gasteiger charge is 2.03. The number of anilines is 1. The Kier molecular flexibility index (Phi) is 4.01. The van der Waals surface area contributed by atoms with Gasteiger partial charge < -0.3 is 0 Å². The Morgan fingerprint density at radius 2 is 2.07 bits per heavy atom. The Morgan fingerprint density at radius 3 is 2.53 bits per heavy atom. The van der Waals surface area contributed by atoms with Crippen molar-refractivity contribution in [1.82, 2.24) is 0 Å². The van der Waals surface area contributed by atoms with E-state index in [1.807, 2.05) is 12.1 Å². The lowest BCUT2D eigenvalue weighted by Crippen LogP contribution is -2.09. The van der Waals surface area contributed by atoms with Crippen molar-refractivity contribution in [2.24, 2.45) is 5.10 Å². The minimum absolute atomic E-state index is 0.141. The van der Waals surface area contributed by atoms with E-state index in [9.17, 15) is 4.79 Å². The topological polar surface area (TPSA) is 65.2 Å². The SMILES string of the molecule is CC(=O)/C(C#N)=N\Nc1ccc(Br)cc1. The van der Waals surface area contributed by atoms with Crippen LogP contribution in [0, 0.1) is 11.3 Å². The molecular formula is C10H8BrN3O. The predicted molar refractivity (Wildman–Crippen MR) is 61.5 cm³/mol. The first-order valence-electron chi connectivity index (χ1n) is 4.14. The summed E-state index contributed by atoms with van der Waals surface area (Å²) in [5.41, 5.74) is 3.20. The average Bonchev–Trinajstić information content (AvgIpc) is 2.21. The molecule has 5 heteroatoms. The van der Waals surface area contributed by atoms with E-state index in [0.29, 0.717) is 5.69 Å². The second kappa shape index (κ2) is 5.27. The number of ketones is 1. The number of rotatable bonds is 3. The number of hydrazone groups is 1. The van der Waals surface area contributed by atoms with Gasteiger partial charge in [-0.1, -0.05) is 15.9 Å². The molecule has 0 amide bonds. The van der Waals surface area contributed by atoms with Crippen molar-refractivity contribution in [3.05, 3.63) is 28.7 Å². The largest absolute Gasteiger partial charge is 0.292 e. The van der Waals surface area contributed by atoms with Gasteiger partial charge in [-0.25, -0.2) is 0 Å². The fraction of sp³-hybridized carbons (Fsp3) is 0.100. The molecule has 1 N–H and O–H groups in total. The van der Waals surface area contributed by atoms with Crippen molar-refractivity contribution in [2.45, 2.75) is 6.92 Å². The van der Waals surface area contributed by atoms with Crippen LogP contribution in [0.25, 0.3) is 0 Å². The highest BCUT2D eigenvalue weighted by atomic mass is 79.9. The first-order valence-corrected chi connectivity index (χ1v) is 4.93. The van der Waals surface area contributed by atoms with Crippen LogP contribution in [-0.2, 0) is 4.79 Å². The summed E-state index contributed by atoms with van der Waals surface area (Å²) in [4.78, 5) is 10.8. The van der Waals surface area contributed by atoms with Crippen LogP contribution in [0.15, 0.2) is 33.8 Å². The minimum Gasteiger partial charge on any atom is -0.292 e. The molecule has 0 atom stereocenters. The minimum atomic E-state index is -0.359. The summed E-state index contributed by atoms with van der Waals surface area (Å²) in [5, 5.41) is 12.3. The number of nitrogens with zero attached hydrogens (tertiary/aromatic N) is 2. The molecule has 0 aliphatic carbocycles. The van der Waals surface area contributed by atoms with Crippen LogP contribution >= 0.6 is 15.9 Å². The van der Waals surface area contributed by atoms with Crippen LogP contribution in [0.5, 0.6) is 0 Å². The number of nitrogens with one attached hydrogen (secondary N) is 1. The molecule has 0 fully saturated rings. The highest BCUT2D eigenvalue weighted by Crippen LogP contribution is 2.13. The van der Waals surface area contributed by atoms with Gasteiger partial charge in [0, 0.05) is 11.4 Å². The first-order chi connectivity index (χ1) is 7.13. The molecular weight excluding hydrogens is 258 g/mol. The maximum Gasteiger partial charge on any atom is 0.203 e.